The number of Topliss-reactive ketones (excluding diaryl/α,β-unsaturated/α-hetero) is 1. The number of H-pyrrole nitrogens is 1. The Kier molecular flexibility index (Phi) is 6.08. The van der Waals surface area contributed by atoms with E-state index < -0.39 is 17.2 Å². The highest BCUT2D eigenvalue weighted by atomic mass is 32.2. The van der Waals surface area contributed by atoms with Crippen molar-refractivity contribution < 1.29 is 22.7 Å². The summed E-state index contributed by atoms with van der Waals surface area (Å²) in [5.41, 5.74) is -0.326. The average Bonchev–Trinajstić information content (AvgIpc) is 3.17. The molecule has 2 aromatic rings. The molecule has 2 unspecified atom stereocenters. The molecule has 0 spiro atoms. The minimum atomic E-state index is -4.37. The van der Waals surface area contributed by atoms with E-state index in [1.165, 1.54) is 23.9 Å². The SMILES string of the molecule is C#CC(=O)C(C)(C)c1cc(C2CC(C)(Sc3cccc(C(F)(F)F)c3)CCO2)[nH]n1. The lowest BCUT2D eigenvalue weighted by Crippen LogP contribution is -2.32. The van der Waals surface area contributed by atoms with E-state index in [0.717, 1.165) is 11.8 Å². The van der Waals surface area contributed by atoms with Crippen molar-refractivity contribution in [3.63, 3.8) is 0 Å². The summed E-state index contributed by atoms with van der Waals surface area (Å²) < 4.78 is 44.7. The summed E-state index contributed by atoms with van der Waals surface area (Å²) in [6.07, 6.45) is 1.86. The predicted molar refractivity (Wildman–Crippen MR) is 109 cm³/mol. The molecular weight excluding hydrogens is 413 g/mol. The van der Waals surface area contributed by atoms with Gasteiger partial charge in [0, 0.05) is 16.2 Å². The summed E-state index contributed by atoms with van der Waals surface area (Å²) in [5.74, 6) is 1.77. The second-order valence-corrected chi connectivity index (χ2v) is 9.86. The summed E-state index contributed by atoms with van der Waals surface area (Å²) in [6, 6.07) is 7.16. The molecular formula is C22H23F3N2O2S. The molecule has 1 aliphatic rings. The first-order chi connectivity index (χ1) is 13.9. The van der Waals surface area contributed by atoms with Gasteiger partial charge in [-0.25, -0.2) is 0 Å². The van der Waals surface area contributed by atoms with Gasteiger partial charge < -0.3 is 4.74 Å². The number of aromatic amines is 1. The summed E-state index contributed by atoms with van der Waals surface area (Å²) in [7, 11) is 0. The smallest absolute Gasteiger partial charge is 0.372 e. The molecule has 2 atom stereocenters. The number of ether oxygens (including phenoxy) is 1. The van der Waals surface area contributed by atoms with Crippen molar-refractivity contribution in [3.8, 4) is 12.3 Å². The molecule has 0 saturated carbocycles. The molecule has 1 fully saturated rings. The molecule has 0 radical (unpaired) electrons. The zero-order valence-corrected chi connectivity index (χ0v) is 17.8. The Morgan fingerprint density at radius 2 is 2.10 bits per heavy atom. The van der Waals surface area contributed by atoms with Crippen LogP contribution in [0.2, 0.25) is 0 Å². The van der Waals surface area contributed by atoms with Gasteiger partial charge in [0.15, 0.2) is 0 Å². The summed E-state index contributed by atoms with van der Waals surface area (Å²) in [4.78, 5) is 12.6. The Hall–Kier alpha value is -2.24. The lowest BCUT2D eigenvalue weighted by Gasteiger charge is -2.37. The number of terminal acetylenes is 1. The van der Waals surface area contributed by atoms with Crippen LogP contribution in [0.15, 0.2) is 35.2 Å². The Bertz CT molecular complexity index is 977. The van der Waals surface area contributed by atoms with E-state index in [4.69, 9.17) is 11.2 Å². The van der Waals surface area contributed by atoms with Crippen LogP contribution in [-0.2, 0) is 21.1 Å². The largest absolute Gasteiger partial charge is 0.416 e. The lowest BCUT2D eigenvalue weighted by molar-refractivity contribution is -0.137. The van der Waals surface area contributed by atoms with Gasteiger partial charge in [0.05, 0.1) is 22.4 Å². The number of thioether (sulfide) groups is 1. The number of nitrogens with zero attached hydrogens (tertiary/aromatic N) is 1. The first kappa shape index (κ1) is 22.4. The molecule has 4 nitrogen and oxygen atoms in total. The number of aromatic nitrogens is 2. The molecule has 3 rings (SSSR count). The second-order valence-electron chi connectivity index (χ2n) is 8.20. The van der Waals surface area contributed by atoms with Crippen molar-refractivity contribution >= 4 is 17.5 Å². The number of benzene rings is 1. The Morgan fingerprint density at radius 3 is 2.77 bits per heavy atom. The fourth-order valence-corrected chi connectivity index (χ4v) is 4.72. The van der Waals surface area contributed by atoms with Crippen LogP contribution in [0.4, 0.5) is 13.2 Å². The third kappa shape index (κ3) is 4.73. The Balaban J connectivity index is 1.77. The van der Waals surface area contributed by atoms with Crippen LogP contribution in [0.3, 0.4) is 0 Å². The molecule has 2 heterocycles. The highest BCUT2D eigenvalue weighted by Crippen LogP contribution is 2.46. The zero-order valence-electron chi connectivity index (χ0n) is 17.0. The van der Waals surface area contributed by atoms with E-state index in [9.17, 15) is 18.0 Å². The topological polar surface area (TPSA) is 55.0 Å². The van der Waals surface area contributed by atoms with Crippen LogP contribution in [0.1, 0.15) is 56.7 Å². The van der Waals surface area contributed by atoms with Crippen molar-refractivity contribution in [1.82, 2.24) is 10.2 Å². The average molecular weight is 436 g/mol. The van der Waals surface area contributed by atoms with Crippen LogP contribution in [-0.4, -0.2) is 27.3 Å². The standard InChI is InChI=1S/C22H23F3N2O2S/c1-5-19(28)20(2,3)18-12-16(26-27-18)17-13-21(4,9-10-29-17)30-15-8-6-7-14(11-15)22(23,24)25/h1,6-8,11-12,17H,9-10,13H2,2-4H3,(H,26,27). The van der Waals surface area contributed by atoms with E-state index in [0.29, 0.717) is 30.0 Å². The van der Waals surface area contributed by atoms with Crippen molar-refractivity contribution in [3.05, 3.63) is 47.3 Å². The number of rotatable bonds is 5. The molecule has 1 saturated heterocycles. The normalized spacial score (nSPS) is 22.5. The highest BCUT2D eigenvalue weighted by Gasteiger charge is 2.38. The fourth-order valence-electron chi connectivity index (χ4n) is 3.40. The van der Waals surface area contributed by atoms with E-state index >= 15 is 0 Å². The maximum atomic E-state index is 13.0. The van der Waals surface area contributed by atoms with Gasteiger partial charge in [-0.05, 0) is 63.8 Å². The first-order valence-electron chi connectivity index (χ1n) is 9.49. The molecule has 0 amide bonds. The van der Waals surface area contributed by atoms with Crippen molar-refractivity contribution in [1.29, 1.82) is 0 Å². The molecule has 0 bridgehead atoms. The first-order valence-corrected chi connectivity index (χ1v) is 10.3. The van der Waals surface area contributed by atoms with Gasteiger partial charge in [-0.15, -0.1) is 18.2 Å². The van der Waals surface area contributed by atoms with Crippen LogP contribution in [0.5, 0.6) is 0 Å². The van der Waals surface area contributed by atoms with Crippen LogP contribution in [0, 0.1) is 12.3 Å². The van der Waals surface area contributed by atoms with E-state index in [1.54, 1.807) is 26.0 Å². The maximum Gasteiger partial charge on any atom is 0.416 e. The van der Waals surface area contributed by atoms with E-state index in [-0.39, 0.29) is 16.6 Å². The molecule has 0 aliphatic carbocycles. The number of nitrogens with one attached hydrogen (secondary N) is 1. The second kappa shape index (κ2) is 8.12. The molecule has 160 valence electrons. The van der Waals surface area contributed by atoms with Crippen molar-refractivity contribution in [2.45, 2.75) is 61.0 Å². The Labute approximate surface area is 178 Å². The van der Waals surface area contributed by atoms with Crippen LogP contribution >= 0.6 is 11.8 Å². The predicted octanol–water partition coefficient (Wildman–Crippen LogP) is 5.31. The number of hydrogen-bond acceptors (Lipinski definition) is 4. The number of hydrogen-bond donors (Lipinski definition) is 1. The van der Waals surface area contributed by atoms with Gasteiger partial charge in [0.25, 0.3) is 0 Å². The fraction of sp³-hybridized carbons (Fsp3) is 0.455. The maximum absolute atomic E-state index is 13.0. The van der Waals surface area contributed by atoms with Gasteiger partial charge in [-0.2, -0.15) is 18.3 Å². The van der Waals surface area contributed by atoms with Gasteiger partial charge in [0.1, 0.15) is 6.10 Å². The quantitative estimate of drug-likeness (QED) is 0.510. The monoisotopic (exact) mass is 436 g/mol. The number of carbonyl (C=O) groups is 1. The van der Waals surface area contributed by atoms with Crippen LogP contribution in [0.25, 0.3) is 0 Å². The Morgan fingerprint density at radius 1 is 1.37 bits per heavy atom. The summed E-state index contributed by atoms with van der Waals surface area (Å²) in [6.45, 7) is 5.92. The third-order valence-electron chi connectivity index (χ3n) is 5.38. The molecule has 1 aromatic heterocycles. The van der Waals surface area contributed by atoms with Gasteiger partial charge >= 0.3 is 6.18 Å². The molecule has 1 N–H and O–H groups in total. The summed E-state index contributed by atoms with van der Waals surface area (Å²) in [5, 5.41) is 7.19. The van der Waals surface area contributed by atoms with Crippen molar-refractivity contribution in [2.75, 3.05) is 6.61 Å². The minimum absolute atomic E-state index is 0.306. The molecule has 30 heavy (non-hydrogen) atoms. The lowest BCUT2D eigenvalue weighted by atomic mass is 9.84. The van der Waals surface area contributed by atoms with E-state index in [2.05, 4.69) is 16.1 Å². The summed E-state index contributed by atoms with van der Waals surface area (Å²) >= 11 is 1.42. The van der Waals surface area contributed by atoms with Crippen molar-refractivity contribution in [2.24, 2.45) is 0 Å². The number of carbonyl (C=O) groups excluding carboxylic acids is 1. The number of ketones is 1. The minimum Gasteiger partial charge on any atom is -0.372 e. The highest BCUT2D eigenvalue weighted by molar-refractivity contribution is 8.00. The number of alkyl halides is 3. The molecule has 1 aromatic carbocycles. The van der Waals surface area contributed by atoms with E-state index in [1.807, 2.05) is 6.92 Å². The van der Waals surface area contributed by atoms with Gasteiger partial charge in [-0.1, -0.05) is 6.07 Å². The molecule has 8 heteroatoms. The van der Waals surface area contributed by atoms with Gasteiger partial charge in [-0.3, -0.25) is 9.89 Å². The van der Waals surface area contributed by atoms with Crippen LogP contribution < -0.4 is 0 Å². The molecule has 1 aliphatic heterocycles. The zero-order chi connectivity index (χ0) is 22.2. The third-order valence-corrected chi connectivity index (χ3v) is 6.73. The number of halogens is 3. The van der Waals surface area contributed by atoms with Gasteiger partial charge in [0.2, 0.25) is 5.78 Å².